The molecular weight excluding hydrogens is 165 g/mol. The molecule has 0 spiro atoms. The molecule has 3 heteroatoms. The van der Waals surface area contributed by atoms with Crippen LogP contribution in [0.4, 0.5) is 4.39 Å². The standard InChI is InChI=1S/C8H11ClFN/c1-8(2,3)11-5-6(10)4-7(11)9/h4-5H,1-3H3. The van der Waals surface area contributed by atoms with E-state index < -0.39 is 0 Å². The predicted molar refractivity (Wildman–Crippen MR) is 44.4 cm³/mol. The van der Waals surface area contributed by atoms with E-state index in [0.717, 1.165) is 0 Å². The summed E-state index contributed by atoms with van der Waals surface area (Å²) in [7, 11) is 0. The summed E-state index contributed by atoms with van der Waals surface area (Å²) in [6.07, 6.45) is 1.41. The molecule has 0 unspecified atom stereocenters. The molecule has 0 aliphatic carbocycles. The highest BCUT2D eigenvalue weighted by molar-refractivity contribution is 6.29. The second kappa shape index (κ2) is 2.52. The van der Waals surface area contributed by atoms with E-state index in [9.17, 15) is 4.39 Å². The van der Waals surface area contributed by atoms with Crippen LogP contribution in [-0.2, 0) is 5.54 Å². The van der Waals surface area contributed by atoms with Crippen LogP contribution in [0.25, 0.3) is 0 Å². The molecule has 0 radical (unpaired) electrons. The lowest BCUT2D eigenvalue weighted by Crippen LogP contribution is -2.20. The largest absolute Gasteiger partial charge is 0.330 e. The van der Waals surface area contributed by atoms with Gasteiger partial charge in [-0.05, 0) is 20.8 Å². The minimum absolute atomic E-state index is 0.151. The first-order valence-electron chi connectivity index (χ1n) is 3.45. The minimum Gasteiger partial charge on any atom is -0.330 e. The van der Waals surface area contributed by atoms with E-state index in [1.54, 1.807) is 4.57 Å². The molecule has 0 aliphatic rings. The monoisotopic (exact) mass is 175 g/mol. The first kappa shape index (κ1) is 8.60. The van der Waals surface area contributed by atoms with Gasteiger partial charge in [-0.3, -0.25) is 0 Å². The molecule has 0 saturated heterocycles. The smallest absolute Gasteiger partial charge is 0.142 e. The molecule has 1 nitrogen and oxygen atoms in total. The van der Waals surface area contributed by atoms with Crippen LogP contribution in [0, 0.1) is 5.82 Å². The Kier molecular flexibility index (Phi) is 1.97. The van der Waals surface area contributed by atoms with Gasteiger partial charge in [0.05, 0.1) is 0 Å². The highest BCUT2D eigenvalue weighted by atomic mass is 35.5. The molecule has 0 fully saturated rings. The Hall–Kier alpha value is -0.500. The van der Waals surface area contributed by atoms with Gasteiger partial charge in [0.15, 0.2) is 0 Å². The van der Waals surface area contributed by atoms with Gasteiger partial charge < -0.3 is 4.57 Å². The fourth-order valence-electron chi connectivity index (χ4n) is 0.920. The van der Waals surface area contributed by atoms with E-state index >= 15 is 0 Å². The van der Waals surface area contributed by atoms with E-state index in [4.69, 9.17) is 11.6 Å². The number of hydrogen-bond acceptors (Lipinski definition) is 0. The first-order valence-corrected chi connectivity index (χ1v) is 3.83. The van der Waals surface area contributed by atoms with Crippen molar-refractivity contribution >= 4 is 11.6 Å². The van der Waals surface area contributed by atoms with Crippen LogP contribution in [-0.4, -0.2) is 4.57 Å². The topological polar surface area (TPSA) is 4.93 Å². The summed E-state index contributed by atoms with van der Waals surface area (Å²) in [5.74, 6) is -0.287. The Morgan fingerprint density at radius 3 is 2.18 bits per heavy atom. The van der Waals surface area contributed by atoms with Gasteiger partial charge in [0.1, 0.15) is 11.0 Å². The van der Waals surface area contributed by atoms with Crippen LogP contribution in [0.5, 0.6) is 0 Å². The minimum atomic E-state index is -0.287. The summed E-state index contributed by atoms with van der Waals surface area (Å²) in [5.41, 5.74) is -0.151. The highest BCUT2D eigenvalue weighted by Crippen LogP contribution is 2.22. The van der Waals surface area contributed by atoms with Gasteiger partial charge in [0.2, 0.25) is 0 Å². The Labute approximate surface area is 70.8 Å². The molecule has 1 aromatic rings. The Balaban J connectivity index is 3.13. The third-order valence-electron chi connectivity index (χ3n) is 1.46. The third kappa shape index (κ3) is 1.74. The van der Waals surface area contributed by atoms with Crippen molar-refractivity contribution < 1.29 is 4.39 Å². The van der Waals surface area contributed by atoms with Gasteiger partial charge in [-0.1, -0.05) is 11.6 Å². The lowest BCUT2D eigenvalue weighted by Gasteiger charge is -2.21. The van der Waals surface area contributed by atoms with Crippen molar-refractivity contribution in [1.29, 1.82) is 0 Å². The second-order valence-electron chi connectivity index (χ2n) is 3.52. The van der Waals surface area contributed by atoms with Gasteiger partial charge in [-0.25, -0.2) is 4.39 Å². The van der Waals surface area contributed by atoms with Crippen LogP contribution < -0.4 is 0 Å². The molecule has 0 aliphatic heterocycles. The Morgan fingerprint density at radius 1 is 1.45 bits per heavy atom. The molecule has 0 bridgehead atoms. The van der Waals surface area contributed by atoms with Crippen molar-refractivity contribution in [1.82, 2.24) is 4.57 Å². The number of hydrogen-bond donors (Lipinski definition) is 0. The van der Waals surface area contributed by atoms with Crippen molar-refractivity contribution in [3.63, 3.8) is 0 Å². The van der Waals surface area contributed by atoms with Gasteiger partial charge >= 0.3 is 0 Å². The Bertz CT molecular complexity index is 260. The fraction of sp³-hybridized carbons (Fsp3) is 0.500. The van der Waals surface area contributed by atoms with Gasteiger partial charge in [-0.2, -0.15) is 0 Å². The summed E-state index contributed by atoms with van der Waals surface area (Å²) in [6.45, 7) is 5.91. The van der Waals surface area contributed by atoms with Crippen LogP contribution in [0.1, 0.15) is 20.8 Å². The SMILES string of the molecule is CC(C)(C)n1cc(F)cc1Cl. The van der Waals surface area contributed by atoms with E-state index in [-0.39, 0.29) is 11.4 Å². The summed E-state index contributed by atoms with van der Waals surface area (Å²) >= 11 is 5.75. The van der Waals surface area contributed by atoms with Crippen LogP contribution in [0.3, 0.4) is 0 Å². The summed E-state index contributed by atoms with van der Waals surface area (Å²) < 4.78 is 14.3. The molecular formula is C8H11ClFN. The van der Waals surface area contributed by atoms with Crippen molar-refractivity contribution in [2.45, 2.75) is 26.3 Å². The molecule has 0 amide bonds. The average Bonchev–Trinajstić information content (AvgIpc) is 2.08. The molecule has 0 atom stereocenters. The summed E-state index contributed by atoms with van der Waals surface area (Å²) in [6, 6.07) is 1.31. The van der Waals surface area contributed by atoms with Crippen molar-refractivity contribution in [2.75, 3.05) is 0 Å². The molecule has 1 rings (SSSR count). The lowest BCUT2D eigenvalue weighted by molar-refractivity contribution is 0.395. The average molecular weight is 176 g/mol. The normalized spacial score (nSPS) is 12.1. The summed E-state index contributed by atoms with van der Waals surface area (Å²) in [5, 5.41) is 0.440. The second-order valence-corrected chi connectivity index (χ2v) is 3.91. The highest BCUT2D eigenvalue weighted by Gasteiger charge is 2.16. The zero-order valence-electron chi connectivity index (χ0n) is 6.86. The molecule has 11 heavy (non-hydrogen) atoms. The number of aromatic nitrogens is 1. The van der Waals surface area contributed by atoms with Crippen LogP contribution in [0.2, 0.25) is 5.15 Å². The molecule has 62 valence electrons. The maximum absolute atomic E-state index is 12.6. The first-order chi connectivity index (χ1) is 4.91. The molecule has 1 aromatic heterocycles. The number of rotatable bonds is 0. The maximum Gasteiger partial charge on any atom is 0.142 e. The van der Waals surface area contributed by atoms with Gasteiger partial charge in [0, 0.05) is 17.8 Å². The zero-order valence-corrected chi connectivity index (χ0v) is 7.61. The molecule has 0 aromatic carbocycles. The number of halogens is 2. The summed E-state index contributed by atoms with van der Waals surface area (Å²) in [4.78, 5) is 0. The van der Waals surface area contributed by atoms with E-state index in [1.165, 1.54) is 12.3 Å². The van der Waals surface area contributed by atoms with E-state index in [0.29, 0.717) is 5.15 Å². The molecule has 0 saturated carbocycles. The van der Waals surface area contributed by atoms with Gasteiger partial charge in [-0.15, -0.1) is 0 Å². The van der Waals surface area contributed by atoms with E-state index in [1.807, 2.05) is 20.8 Å². The fourth-order valence-corrected chi connectivity index (χ4v) is 1.33. The van der Waals surface area contributed by atoms with Gasteiger partial charge in [0.25, 0.3) is 0 Å². The van der Waals surface area contributed by atoms with Crippen molar-refractivity contribution in [2.24, 2.45) is 0 Å². The third-order valence-corrected chi connectivity index (χ3v) is 1.75. The van der Waals surface area contributed by atoms with Crippen molar-refractivity contribution in [3.05, 3.63) is 23.2 Å². The van der Waals surface area contributed by atoms with E-state index in [2.05, 4.69) is 0 Å². The van der Waals surface area contributed by atoms with Crippen LogP contribution >= 0.6 is 11.6 Å². The Morgan fingerprint density at radius 2 is 2.00 bits per heavy atom. The zero-order chi connectivity index (χ0) is 8.65. The van der Waals surface area contributed by atoms with Crippen molar-refractivity contribution in [3.8, 4) is 0 Å². The quantitative estimate of drug-likeness (QED) is 0.571. The number of nitrogens with zero attached hydrogens (tertiary/aromatic N) is 1. The maximum atomic E-state index is 12.6. The lowest BCUT2D eigenvalue weighted by atomic mass is 10.1. The van der Waals surface area contributed by atoms with Crippen LogP contribution in [0.15, 0.2) is 12.3 Å². The predicted octanol–water partition coefficient (Wildman–Crippen LogP) is 3.04. The molecule has 0 N–H and O–H groups in total. The molecule has 1 heterocycles.